The highest BCUT2D eigenvalue weighted by Crippen LogP contribution is 2.19. The largest absolute Gasteiger partial charge is 0.480 e. The highest BCUT2D eigenvalue weighted by Gasteiger charge is 2.31. The highest BCUT2D eigenvalue weighted by molar-refractivity contribution is 7.98. The predicted octanol–water partition coefficient (Wildman–Crippen LogP) is -0.253. The van der Waals surface area contributed by atoms with E-state index in [-0.39, 0.29) is 24.8 Å². The van der Waals surface area contributed by atoms with Crippen molar-refractivity contribution in [2.75, 3.05) is 25.2 Å². The molecular weight excluding hydrogens is 486 g/mol. The molecule has 0 saturated carbocycles. The van der Waals surface area contributed by atoms with E-state index < -0.39 is 42.5 Å². The van der Waals surface area contributed by atoms with E-state index >= 15 is 0 Å². The second-order valence-electron chi connectivity index (χ2n) is 8.70. The first-order valence-corrected chi connectivity index (χ1v) is 13.3. The zero-order valence-electron chi connectivity index (χ0n) is 20.1. The maximum absolute atomic E-state index is 13.4. The number of fused-ring (bicyclic) bond motifs is 1. The summed E-state index contributed by atoms with van der Waals surface area (Å²) in [7, 11) is 0. The van der Waals surface area contributed by atoms with E-state index in [9.17, 15) is 24.3 Å². The van der Waals surface area contributed by atoms with Crippen LogP contribution in [0.4, 0.5) is 0 Å². The fourth-order valence-corrected chi connectivity index (χ4v) is 4.62. The molecule has 196 valence electrons. The summed E-state index contributed by atoms with van der Waals surface area (Å²) in [5.74, 6) is -2.41. The molecule has 0 spiro atoms. The Bertz CT molecular complexity index is 1070. The average molecular weight is 520 g/mol. The molecule has 3 rings (SSSR count). The minimum atomic E-state index is -1.48. The number of hydrogen-bond acceptors (Lipinski definition) is 7. The average Bonchev–Trinajstić information content (AvgIpc) is 3.55. The molecule has 0 aliphatic carbocycles. The lowest BCUT2D eigenvalue weighted by Crippen LogP contribution is -2.58. The van der Waals surface area contributed by atoms with Gasteiger partial charge in [-0.05, 0) is 49.4 Å². The SMILES string of the molecule is CSCCC(NC(=O)C(Cc1c[nH]c2ccccc12)NC(=O)C1CCCN1)C(=O)NC(CO)C(=O)O. The lowest BCUT2D eigenvalue weighted by Gasteiger charge is -2.25. The zero-order valence-corrected chi connectivity index (χ0v) is 20.9. The van der Waals surface area contributed by atoms with Crippen molar-refractivity contribution in [2.45, 2.75) is 49.9 Å². The number of rotatable bonds is 13. The minimum Gasteiger partial charge on any atom is -0.480 e. The molecule has 36 heavy (non-hydrogen) atoms. The van der Waals surface area contributed by atoms with E-state index in [2.05, 4.69) is 26.3 Å². The number of para-hydroxylation sites is 1. The third kappa shape index (κ3) is 7.21. The number of carboxylic acid groups (broad SMARTS) is 1. The highest BCUT2D eigenvalue weighted by atomic mass is 32.2. The Morgan fingerprint density at radius 3 is 2.47 bits per heavy atom. The van der Waals surface area contributed by atoms with Crippen LogP contribution in [0, 0.1) is 0 Å². The van der Waals surface area contributed by atoms with Crippen molar-refractivity contribution in [1.82, 2.24) is 26.3 Å². The number of carboxylic acids is 1. The Morgan fingerprint density at radius 1 is 1.08 bits per heavy atom. The number of carbonyl (C=O) groups is 4. The van der Waals surface area contributed by atoms with Crippen LogP contribution < -0.4 is 21.3 Å². The second kappa shape index (κ2) is 13.3. The molecule has 2 aromatic rings. The van der Waals surface area contributed by atoms with Gasteiger partial charge in [0.15, 0.2) is 0 Å². The van der Waals surface area contributed by atoms with E-state index in [4.69, 9.17) is 5.11 Å². The molecular formula is C24H33N5O6S. The first-order valence-electron chi connectivity index (χ1n) is 11.9. The van der Waals surface area contributed by atoms with Gasteiger partial charge in [-0.1, -0.05) is 18.2 Å². The molecule has 1 fully saturated rings. The zero-order chi connectivity index (χ0) is 26.1. The lowest BCUT2D eigenvalue weighted by molar-refractivity contribution is -0.143. The number of nitrogens with one attached hydrogen (secondary N) is 5. The molecule has 4 atom stereocenters. The van der Waals surface area contributed by atoms with Crippen molar-refractivity contribution in [1.29, 1.82) is 0 Å². The van der Waals surface area contributed by atoms with Gasteiger partial charge < -0.3 is 36.5 Å². The summed E-state index contributed by atoms with van der Waals surface area (Å²) in [4.78, 5) is 53.5. The molecule has 2 heterocycles. The number of hydrogen-bond donors (Lipinski definition) is 7. The number of amides is 3. The number of aliphatic hydroxyl groups is 1. The first kappa shape index (κ1) is 27.5. The Labute approximate surface area is 213 Å². The lowest BCUT2D eigenvalue weighted by atomic mass is 10.0. The summed E-state index contributed by atoms with van der Waals surface area (Å²) in [6.45, 7) is -0.0537. The number of aromatic amines is 1. The van der Waals surface area contributed by atoms with Crippen molar-refractivity contribution >= 4 is 46.4 Å². The van der Waals surface area contributed by atoms with Crippen LogP contribution >= 0.6 is 11.8 Å². The molecule has 3 amide bonds. The summed E-state index contributed by atoms with van der Waals surface area (Å²) >= 11 is 1.47. The van der Waals surface area contributed by atoms with Crippen molar-refractivity contribution in [3.05, 3.63) is 36.0 Å². The van der Waals surface area contributed by atoms with E-state index in [1.165, 1.54) is 11.8 Å². The maximum Gasteiger partial charge on any atom is 0.328 e. The van der Waals surface area contributed by atoms with Crippen LogP contribution in [0.25, 0.3) is 10.9 Å². The van der Waals surface area contributed by atoms with Gasteiger partial charge in [0, 0.05) is 23.5 Å². The Balaban J connectivity index is 1.79. The quantitative estimate of drug-likeness (QED) is 0.190. The molecule has 1 aromatic heterocycles. The van der Waals surface area contributed by atoms with Gasteiger partial charge in [0.05, 0.1) is 12.6 Å². The molecule has 0 bridgehead atoms. The van der Waals surface area contributed by atoms with Gasteiger partial charge in [0.25, 0.3) is 0 Å². The van der Waals surface area contributed by atoms with Gasteiger partial charge >= 0.3 is 5.97 Å². The van der Waals surface area contributed by atoms with Crippen molar-refractivity contribution in [3.63, 3.8) is 0 Å². The Morgan fingerprint density at radius 2 is 1.81 bits per heavy atom. The normalized spacial score (nSPS) is 17.8. The number of aromatic nitrogens is 1. The summed E-state index contributed by atoms with van der Waals surface area (Å²) < 4.78 is 0. The van der Waals surface area contributed by atoms with E-state index in [0.717, 1.165) is 29.4 Å². The van der Waals surface area contributed by atoms with Crippen LogP contribution in [0.5, 0.6) is 0 Å². The summed E-state index contributed by atoms with van der Waals surface area (Å²) in [5, 5.41) is 30.3. The molecule has 1 aliphatic rings. The third-order valence-electron chi connectivity index (χ3n) is 6.15. The third-order valence-corrected chi connectivity index (χ3v) is 6.79. The number of thioether (sulfide) groups is 1. The summed E-state index contributed by atoms with van der Waals surface area (Å²) in [6.07, 6.45) is 5.61. The van der Waals surface area contributed by atoms with Gasteiger partial charge in [0.2, 0.25) is 17.7 Å². The number of aliphatic carboxylic acids is 1. The van der Waals surface area contributed by atoms with Crippen LogP contribution in [0.1, 0.15) is 24.8 Å². The van der Waals surface area contributed by atoms with Crippen LogP contribution in [0.2, 0.25) is 0 Å². The van der Waals surface area contributed by atoms with Gasteiger partial charge in [-0.25, -0.2) is 4.79 Å². The molecule has 4 unspecified atom stereocenters. The number of H-pyrrole nitrogens is 1. The smallest absolute Gasteiger partial charge is 0.328 e. The number of carbonyl (C=O) groups excluding carboxylic acids is 3. The monoisotopic (exact) mass is 519 g/mol. The summed E-state index contributed by atoms with van der Waals surface area (Å²) in [5.41, 5.74) is 1.73. The van der Waals surface area contributed by atoms with E-state index in [1.807, 2.05) is 30.5 Å². The molecule has 7 N–H and O–H groups in total. The summed E-state index contributed by atoms with van der Waals surface area (Å²) in [6, 6.07) is 3.75. The van der Waals surface area contributed by atoms with E-state index in [0.29, 0.717) is 12.2 Å². The first-order chi connectivity index (χ1) is 17.3. The van der Waals surface area contributed by atoms with E-state index in [1.54, 1.807) is 6.20 Å². The molecule has 11 nitrogen and oxygen atoms in total. The molecule has 12 heteroatoms. The molecule has 1 aliphatic heterocycles. The number of benzene rings is 1. The van der Waals surface area contributed by atoms with Gasteiger partial charge in [0.1, 0.15) is 18.1 Å². The van der Waals surface area contributed by atoms with Crippen molar-refractivity contribution in [2.24, 2.45) is 0 Å². The Hall–Kier alpha value is -3.09. The molecule has 0 radical (unpaired) electrons. The Kier molecular flexibility index (Phi) is 10.1. The second-order valence-corrected chi connectivity index (χ2v) is 9.68. The van der Waals surface area contributed by atoms with Crippen molar-refractivity contribution < 1.29 is 29.4 Å². The topological polar surface area (TPSA) is 173 Å². The number of aliphatic hydroxyl groups excluding tert-OH is 1. The van der Waals surface area contributed by atoms with Gasteiger partial charge in [-0.3, -0.25) is 14.4 Å². The van der Waals surface area contributed by atoms with Crippen LogP contribution in [-0.2, 0) is 25.6 Å². The predicted molar refractivity (Wildman–Crippen MR) is 137 cm³/mol. The van der Waals surface area contributed by atoms with Gasteiger partial charge in [-0.15, -0.1) is 0 Å². The van der Waals surface area contributed by atoms with Gasteiger partial charge in [-0.2, -0.15) is 11.8 Å². The molecule has 1 aromatic carbocycles. The standard InChI is InChI=1S/C24H33N5O6S/c1-36-10-8-18(22(32)29-20(13-30)24(34)35)27-23(33)19(28-21(31)17-7-4-9-25-17)11-14-12-26-16-6-3-2-5-15(14)16/h2-3,5-6,12,17-20,25-26,30H,4,7-11,13H2,1H3,(H,27,33)(H,28,31)(H,29,32)(H,34,35). The van der Waals surface area contributed by atoms with Crippen LogP contribution in [-0.4, -0.2) is 88.2 Å². The maximum atomic E-state index is 13.4. The van der Waals surface area contributed by atoms with Crippen molar-refractivity contribution in [3.8, 4) is 0 Å². The molecule has 1 saturated heterocycles. The fraction of sp³-hybridized carbons (Fsp3) is 0.500. The van der Waals surface area contributed by atoms with Crippen LogP contribution in [0.15, 0.2) is 30.5 Å². The minimum absolute atomic E-state index is 0.194. The fourth-order valence-electron chi connectivity index (χ4n) is 4.14. The van der Waals surface area contributed by atoms with Crippen LogP contribution in [0.3, 0.4) is 0 Å².